The summed E-state index contributed by atoms with van der Waals surface area (Å²) in [5, 5.41) is 0. The van der Waals surface area contributed by atoms with Gasteiger partial charge in [0.25, 0.3) is 0 Å². The van der Waals surface area contributed by atoms with Crippen molar-refractivity contribution in [2.24, 2.45) is 5.92 Å². The van der Waals surface area contributed by atoms with Crippen molar-refractivity contribution in [1.82, 2.24) is 4.90 Å². The van der Waals surface area contributed by atoms with Crippen LogP contribution < -0.4 is 0 Å². The van der Waals surface area contributed by atoms with E-state index in [9.17, 15) is 0 Å². The van der Waals surface area contributed by atoms with Crippen molar-refractivity contribution >= 4 is 0 Å². The van der Waals surface area contributed by atoms with Crippen LogP contribution in [0.1, 0.15) is 18.6 Å². The molecule has 0 aliphatic carbocycles. The fourth-order valence-electron chi connectivity index (χ4n) is 4.07. The maximum atomic E-state index is 6.27. The van der Waals surface area contributed by atoms with Crippen molar-refractivity contribution < 1.29 is 9.15 Å². The lowest BCUT2D eigenvalue weighted by Crippen LogP contribution is -2.43. The van der Waals surface area contributed by atoms with Crippen LogP contribution in [0.4, 0.5) is 0 Å². The van der Waals surface area contributed by atoms with Crippen molar-refractivity contribution in [3.05, 3.63) is 49.0 Å². The molecule has 3 heteroatoms. The van der Waals surface area contributed by atoms with Gasteiger partial charge in [-0.3, -0.25) is 4.90 Å². The fourth-order valence-corrected chi connectivity index (χ4v) is 4.07. The summed E-state index contributed by atoms with van der Waals surface area (Å²) in [6.45, 7) is 5.88. The molecule has 3 aliphatic rings. The Morgan fingerprint density at radius 3 is 3.21 bits per heavy atom. The molecule has 3 nitrogen and oxygen atoms in total. The first-order valence-electron chi connectivity index (χ1n) is 7.06. The second kappa shape index (κ2) is 4.09. The maximum Gasteiger partial charge on any atom is 0.117 e. The van der Waals surface area contributed by atoms with Gasteiger partial charge in [0.15, 0.2) is 0 Å². The first-order valence-corrected chi connectivity index (χ1v) is 7.06. The predicted molar refractivity (Wildman–Crippen MR) is 72.6 cm³/mol. The van der Waals surface area contributed by atoms with E-state index in [1.165, 1.54) is 6.42 Å². The minimum absolute atomic E-state index is 0.0640. The molecule has 1 unspecified atom stereocenters. The van der Waals surface area contributed by atoms with E-state index >= 15 is 0 Å². The molecule has 4 heterocycles. The second-order valence-corrected chi connectivity index (χ2v) is 5.85. The van der Waals surface area contributed by atoms with Crippen LogP contribution in [0, 0.1) is 5.92 Å². The molecule has 4 rings (SSSR count). The van der Waals surface area contributed by atoms with Gasteiger partial charge >= 0.3 is 0 Å². The highest BCUT2D eigenvalue weighted by Gasteiger charge is 2.60. The number of hydrogen-bond donors (Lipinski definition) is 0. The number of hydrogen-bond acceptors (Lipinski definition) is 3. The number of nitrogens with zero attached hydrogens (tertiary/aromatic N) is 1. The molecule has 0 saturated carbocycles. The van der Waals surface area contributed by atoms with E-state index in [-0.39, 0.29) is 5.60 Å². The Balaban J connectivity index is 1.62. The maximum absolute atomic E-state index is 6.27. The van der Waals surface area contributed by atoms with E-state index < -0.39 is 0 Å². The number of rotatable bonds is 4. The number of fused-ring (bicyclic) bond motifs is 1. The van der Waals surface area contributed by atoms with Gasteiger partial charge in [0, 0.05) is 18.5 Å². The Hall–Kier alpha value is -1.32. The Kier molecular flexibility index (Phi) is 2.47. The summed E-state index contributed by atoms with van der Waals surface area (Å²) in [6.07, 6.45) is 10.8. The van der Waals surface area contributed by atoms with Gasteiger partial charge in [-0.2, -0.15) is 0 Å². The molecular formula is C16H19NO2. The molecule has 4 atom stereocenters. The first kappa shape index (κ1) is 11.5. The lowest BCUT2D eigenvalue weighted by molar-refractivity contribution is -0.0123. The molecule has 0 amide bonds. The first-order chi connectivity index (χ1) is 9.32. The minimum Gasteiger partial charge on any atom is -0.468 e. The Morgan fingerprint density at radius 2 is 2.47 bits per heavy atom. The molecule has 3 aliphatic heterocycles. The molecule has 1 aromatic rings. The molecule has 0 radical (unpaired) electrons. The summed E-state index contributed by atoms with van der Waals surface area (Å²) >= 11 is 0. The van der Waals surface area contributed by atoms with E-state index in [1.54, 1.807) is 6.26 Å². The van der Waals surface area contributed by atoms with Gasteiger partial charge in [0.2, 0.25) is 0 Å². The summed E-state index contributed by atoms with van der Waals surface area (Å²) < 4.78 is 11.8. The normalized spacial score (nSPS) is 39.9. The summed E-state index contributed by atoms with van der Waals surface area (Å²) in [7, 11) is 0. The van der Waals surface area contributed by atoms with Crippen molar-refractivity contribution in [3.8, 4) is 0 Å². The molecule has 1 aromatic heterocycles. The monoisotopic (exact) mass is 257 g/mol. The highest BCUT2D eigenvalue weighted by molar-refractivity contribution is 5.28. The van der Waals surface area contributed by atoms with Crippen LogP contribution in [-0.2, 0) is 11.3 Å². The predicted octanol–water partition coefficient (Wildman–Crippen LogP) is 2.75. The van der Waals surface area contributed by atoms with E-state index in [4.69, 9.17) is 9.15 Å². The van der Waals surface area contributed by atoms with Crippen molar-refractivity contribution in [1.29, 1.82) is 0 Å². The SMILES string of the molecule is C=CCC1N(Cc2ccco2)C[C@@H]2C[C@H]3C=C[C@@]12O3. The molecule has 1 spiro atoms. The zero-order chi connectivity index (χ0) is 12.9. The minimum atomic E-state index is -0.0640. The van der Waals surface area contributed by atoms with Crippen LogP contribution in [0.3, 0.4) is 0 Å². The molecule has 0 N–H and O–H groups in total. The van der Waals surface area contributed by atoms with Crippen LogP contribution in [0.2, 0.25) is 0 Å². The molecule has 2 saturated heterocycles. The molecule has 100 valence electrons. The van der Waals surface area contributed by atoms with Crippen LogP contribution in [0.5, 0.6) is 0 Å². The van der Waals surface area contributed by atoms with Gasteiger partial charge in [-0.1, -0.05) is 18.2 Å². The van der Waals surface area contributed by atoms with Crippen molar-refractivity contribution in [2.45, 2.75) is 37.1 Å². The molecule has 2 fully saturated rings. The van der Waals surface area contributed by atoms with Gasteiger partial charge in [-0.25, -0.2) is 0 Å². The Labute approximate surface area is 113 Å². The third kappa shape index (κ3) is 1.58. The smallest absolute Gasteiger partial charge is 0.117 e. The molecule has 2 bridgehead atoms. The van der Waals surface area contributed by atoms with E-state index in [0.717, 1.165) is 25.3 Å². The average Bonchev–Trinajstić information content (AvgIpc) is 3.13. The zero-order valence-electron chi connectivity index (χ0n) is 11.0. The van der Waals surface area contributed by atoms with E-state index in [2.05, 4.69) is 23.6 Å². The number of likely N-dealkylation sites (tertiary alicyclic amines) is 1. The average molecular weight is 257 g/mol. The standard InChI is InChI=1S/C16H19NO2/c1-2-4-15-16-7-6-13(19-16)9-12(16)10-17(15)11-14-5-3-8-18-14/h2-3,5-8,12-13,15H,1,4,9-11H2/t12-,13+,15?,16-/m0/s1. The summed E-state index contributed by atoms with van der Waals surface area (Å²) in [4.78, 5) is 2.50. The second-order valence-electron chi connectivity index (χ2n) is 5.85. The van der Waals surface area contributed by atoms with Crippen LogP contribution in [0.15, 0.2) is 47.6 Å². The van der Waals surface area contributed by atoms with Gasteiger partial charge in [-0.15, -0.1) is 6.58 Å². The van der Waals surface area contributed by atoms with Crippen LogP contribution in [0.25, 0.3) is 0 Å². The van der Waals surface area contributed by atoms with Crippen LogP contribution in [-0.4, -0.2) is 29.2 Å². The Bertz CT molecular complexity index is 507. The zero-order valence-corrected chi connectivity index (χ0v) is 11.0. The molecule has 19 heavy (non-hydrogen) atoms. The van der Waals surface area contributed by atoms with Crippen LogP contribution >= 0.6 is 0 Å². The lowest BCUT2D eigenvalue weighted by atomic mass is 9.81. The lowest BCUT2D eigenvalue weighted by Gasteiger charge is -2.32. The third-order valence-electron chi connectivity index (χ3n) is 4.83. The summed E-state index contributed by atoms with van der Waals surface area (Å²) in [5.41, 5.74) is -0.0640. The summed E-state index contributed by atoms with van der Waals surface area (Å²) in [5.74, 6) is 1.66. The van der Waals surface area contributed by atoms with Crippen molar-refractivity contribution in [2.75, 3.05) is 6.54 Å². The summed E-state index contributed by atoms with van der Waals surface area (Å²) in [6, 6.07) is 4.39. The third-order valence-corrected chi connectivity index (χ3v) is 4.83. The van der Waals surface area contributed by atoms with Crippen molar-refractivity contribution in [3.63, 3.8) is 0 Å². The quantitative estimate of drug-likeness (QED) is 0.776. The Morgan fingerprint density at radius 1 is 1.53 bits per heavy atom. The number of furan rings is 1. The topological polar surface area (TPSA) is 25.6 Å². The molecular weight excluding hydrogens is 238 g/mol. The van der Waals surface area contributed by atoms with E-state index in [1.807, 2.05) is 18.2 Å². The van der Waals surface area contributed by atoms with Gasteiger partial charge in [0.05, 0.1) is 18.9 Å². The van der Waals surface area contributed by atoms with Gasteiger partial charge in [-0.05, 0) is 25.0 Å². The largest absolute Gasteiger partial charge is 0.468 e. The highest BCUT2D eigenvalue weighted by Crippen LogP contribution is 2.52. The highest BCUT2D eigenvalue weighted by atomic mass is 16.5. The van der Waals surface area contributed by atoms with Gasteiger partial charge in [0.1, 0.15) is 11.4 Å². The molecule has 0 aromatic carbocycles. The number of ether oxygens (including phenoxy) is 1. The van der Waals surface area contributed by atoms with Gasteiger partial charge < -0.3 is 9.15 Å². The van der Waals surface area contributed by atoms with E-state index in [0.29, 0.717) is 18.1 Å². The fraction of sp³-hybridized carbons (Fsp3) is 0.500.